The molecule has 1 atom stereocenters. The van der Waals surface area contributed by atoms with Crippen molar-refractivity contribution in [3.05, 3.63) is 86.2 Å². The lowest BCUT2D eigenvalue weighted by Crippen LogP contribution is -2.40. The Morgan fingerprint density at radius 2 is 1.73 bits per heavy atom. The first-order chi connectivity index (χ1) is 15.6. The van der Waals surface area contributed by atoms with Crippen molar-refractivity contribution in [2.45, 2.75) is 32.4 Å². The molecule has 0 amide bonds. The van der Waals surface area contributed by atoms with Gasteiger partial charge >= 0.3 is 5.69 Å². The van der Waals surface area contributed by atoms with E-state index in [1.807, 2.05) is 49.4 Å². The Morgan fingerprint density at radius 1 is 1.03 bits per heavy atom. The van der Waals surface area contributed by atoms with Gasteiger partial charge in [-0.15, -0.1) is 0 Å². The van der Waals surface area contributed by atoms with Crippen LogP contribution in [0.3, 0.4) is 0 Å². The summed E-state index contributed by atoms with van der Waals surface area (Å²) in [6, 6.07) is 15.2. The van der Waals surface area contributed by atoms with Gasteiger partial charge < -0.3 is 14.4 Å². The SMILES string of the molecule is Cc1ccc([C@@H]2OCC(C)(C)n3c(-c4ccccc4)c4c(=O)n(C)c(=O)n(C)c4c32)c(O)c1. The monoisotopic (exact) mass is 445 g/mol. The van der Waals surface area contributed by atoms with E-state index in [1.165, 1.54) is 11.6 Å². The predicted molar refractivity (Wildman–Crippen MR) is 128 cm³/mol. The summed E-state index contributed by atoms with van der Waals surface area (Å²) in [6.45, 7) is 6.38. The zero-order valence-electron chi connectivity index (χ0n) is 19.4. The van der Waals surface area contributed by atoms with Gasteiger partial charge in [-0.3, -0.25) is 13.9 Å². The van der Waals surface area contributed by atoms with Gasteiger partial charge in [0.1, 0.15) is 11.9 Å². The van der Waals surface area contributed by atoms with Crippen molar-refractivity contribution in [3.8, 4) is 17.0 Å². The second-order valence-electron chi connectivity index (χ2n) is 9.43. The maximum absolute atomic E-state index is 13.5. The molecule has 170 valence electrons. The van der Waals surface area contributed by atoms with E-state index in [0.717, 1.165) is 21.4 Å². The van der Waals surface area contributed by atoms with Crippen molar-refractivity contribution in [2.75, 3.05) is 6.61 Å². The van der Waals surface area contributed by atoms with Crippen molar-refractivity contribution < 1.29 is 9.84 Å². The zero-order chi connectivity index (χ0) is 23.7. The summed E-state index contributed by atoms with van der Waals surface area (Å²) >= 11 is 0. The number of hydrogen-bond donors (Lipinski definition) is 1. The minimum Gasteiger partial charge on any atom is -0.508 e. The van der Waals surface area contributed by atoms with Crippen molar-refractivity contribution in [1.82, 2.24) is 13.7 Å². The molecule has 0 fully saturated rings. The first kappa shape index (κ1) is 21.3. The van der Waals surface area contributed by atoms with E-state index in [9.17, 15) is 14.7 Å². The fourth-order valence-electron chi connectivity index (χ4n) is 4.98. The third kappa shape index (κ3) is 2.99. The average molecular weight is 446 g/mol. The number of fused-ring (bicyclic) bond motifs is 3. The molecule has 2 aromatic heterocycles. The maximum atomic E-state index is 13.5. The van der Waals surface area contributed by atoms with E-state index in [2.05, 4.69) is 18.4 Å². The molecule has 0 spiro atoms. The van der Waals surface area contributed by atoms with E-state index >= 15 is 0 Å². The quantitative estimate of drug-likeness (QED) is 0.512. The molecule has 7 heteroatoms. The van der Waals surface area contributed by atoms with Crippen LogP contribution in [-0.4, -0.2) is 25.4 Å². The lowest BCUT2D eigenvalue weighted by molar-refractivity contribution is -0.00799. The summed E-state index contributed by atoms with van der Waals surface area (Å²) in [7, 11) is 3.17. The summed E-state index contributed by atoms with van der Waals surface area (Å²) in [6.07, 6.45) is -0.642. The van der Waals surface area contributed by atoms with Crippen LogP contribution in [0.4, 0.5) is 0 Å². The molecule has 33 heavy (non-hydrogen) atoms. The van der Waals surface area contributed by atoms with Crippen LogP contribution in [0.15, 0.2) is 58.1 Å². The molecule has 5 rings (SSSR count). The van der Waals surface area contributed by atoms with Crippen LogP contribution in [0.25, 0.3) is 22.2 Å². The van der Waals surface area contributed by atoms with Crippen molar-refractivity contribution in [3.63, 3.8) is 0 Å². The minimum atomic E-state index is -0.642. The van der Waals surface area contributed by atoms with Gasteiger partial charge in [-0.1, -0.05) is 42.5 Å². The third-order valence-electron chi connectivity index (χ3n) is 6.58. The summed E-state index contributed by atoms with van der Waals surface area (Å²) in [5, 5.41) is 11.3. The van der Waals surface area contributed by atoms with Gasteiger partial charge in [-0.25, -0.2) is 4.79 Å². The lowest BCUT2D eigenvalue weighted by Gasteiger charge is -2.39. The largest absolute Gasteiger partial charge is 0.508 e. The fraction of sp³-hybridized carbons (Fsp3) is 0.308. The van der Waals surface area contributed by atoms with Gasteiger partial charge in [0.2, 0.25) is 0 Å². The Kier molecular flexibility index (Phi) is 4.65. The number of aryl methyl sites for hydroxylation is 2. The molecule has 4 aromatic rings. The Bertz CT molecular complexity index is 1520. The van der Waals surface area contributed by atoms with E-state index in [0.29, 0.717) is 28.8 Å². The molecular formula is C26H27N3O4. The van der Waals surface area contributed by atoms with Gasteiger partial charge in [0.25, 0.3) is 5.56 Å². The summed E-state index contributed by atoms with van der Waals surface area (Å²) in [5.41, 5.74) is 3.12. The van der Waals surface area contributed by atoms with Crippen molar-refractivity contribution >= 4 is 10.9 Å². The summed E-state index contributed by atoms with van der Waals surface area (Å²) < 4.78 is 11.1. The number of aromatic nitrogens is 3. The smallest absolute Gasteiger partial charge is 0.331 e. The van der Waals surface area contributed by atoms with Crippen LogP contribution in [-0.2, 0) is 24.4 Å². The number of aromatic hydroxyl groups is 1. The highest BCUT2D eigenvalue weighted by Crippen LogP contribution is 2.46. The highest BCUT2D eigenvalue weighted by molar-refractivity contribution is 5.96. The van der Waals surface area contributed by atoms with Crippen LogP contribution in [0.1, 0.15) is 36.8 Å². The van der Waals surface area contributed by atoms with Gasteiger partial charge in [0, 0.05) is 19.7 Å². The number of nitrogens with zero attached hydrogens (tertiary/aromatic N) is 3. The van der Waals surface area contributed by atoms with Gasteiger partial charge in [-0.05, 0) is 38.0 Å². The fourth-order valence-corrected chi connectivity index (χ4v) is 4.98. The first-order valence-electron chi connectivity index (χ1n) is 10.9. The second kappa shape index (κ2) is 7.22. The van der Waals surface area contributed by atoms with Crippen LogP contribution in [0.2, 0.25) is 0 Å². The predicted octanol–water partition coefficient (Wildman–Crippen LogP) is 3.57. The molecular weight excluding hydrogens is 418 g/mol. The van der Waals surface area contributed by atoms with Crippen LogP contribution in [0.5, 0.6) is 5.75 Å². The third-order valence-corrected chi connectivity index (χ3v) is 6.58. The Balaban J connectivity index is 2.02. The van der Waals surface area contributed by atoms with Crippen LogP contribution >= 0.6 is 0 Å². The molecule has 0 radical (unpaired) electrons. The van der Waals surface area contributed by atoms with Gasteiger partial charge in [0.05, 0.1) is 34.4 Å². The van der Waals surface area contributed by atoms with Crippen LogP contribution < -0.4 is 11.2 Å². The number of phenolic OH excluding ortho intramolecular Hbond substituents is 1. The van der Waals surface area contributed by atoms with Gasteiger partial charge in [-0.2, -0.15) is 0 Å². The molecule has 2 aromatic carbocycles. The topological polar surface area (TPSA) is 78.4 Å². The number of benzene rings is 2. The van der Waals surface area contributed by atoms with E-state index < -0.39 is 17.3 Å². The Morgan fingerprint density at radius 3 is 2.39 bits per heavy atom. The molecule has 0 unspecified atom stereocenters. The number of phenols is 1. The standard InChI is InChI=1S/C26H27N3O4/c1-15-11-12-17(18(30)13-15)23-22-21-19(24(31)28(5)25(32)27(21)4)20(16-9-7-6-8-10-16)29(22)26(2,3)14-33-23/h6-13,23,30H,14H2,1-5H3/t23-/m0/s1. The van der Waals surface area contributed by atoms with Gasteiger partial charge in [0.15, 0.2) is 0 Å². The normalized spacial score (nSPS) is 17.3. The first-order valence-corrected chi connectivity index (χ1v) is 10.9. The minimum absolute atomic E-state index is 0.121. The molecule has 0 saturated carbocycles. The zero-order valence-corrected chi connectivity index (χ0v) is 19.4. The molecule has 1 aliphatic heterocycles. The molecule has 3 heterocycles. The maximum Gasteiger partial charge on any atom is 0.331 e. The molecule has 1 aliphatic rings. The van der Waals surface area contributed by atoms with Crippen LogP contribution in [0, 0.1) is 6.92 Å². The average Bonchev–Trinajstić information content (AvgIpc) is 3.15. The van der Waals surface area contributed by atoms with Crippen molar-refractivity contribution in [2.24, 2.45) is 14.1 Å². The molecule has 0 bridgehead atoms. The molecule has 0 aliphatic carbocycles. The Hall–Kier alpha value is -3.58. The highest BCUT2D eigenvalue weighted by Gasteiger charge is 2.41. The van der Waals surface area contributed by atoms with E-state index in [-0.39, 0.29) is 11.3 Å². The van der Waals surface area contributed by atoms with Crippen molar-refractivity contribution in [1.29, 1.82) is 0 Å². The summed E-state index contributed by atoms with van der Waals surface area (Å²) in [5.74, 6) is 0.121. The number of ether oxygens (including phenoxy) is 1. The van der Waals surface area contributed by atoms with E-state index in [1.54, 1.807) is 13.1 Å². The number of hydrogen-bond acceptors (Lipinski definition) is 4. The highest BCUT2D eigenvalue weighted by atomic mass is 16.5. The summed E-state index contributed by atoms with van der Waals surface area (Å²) in [4.78, 5) is 26.5. The lowest BCUT2D eigenvalue weighted by atomic mass is 9.97. The molecule has 1 N–H and O–H groups in total. The molecule has 7 nitrogen and oxygen atoms in total. The second-order valence-corrected chi connectivity index (χ2v) is 9.43. The Labute approximate surface area is 191 Å². The molecule has 0 saturated heterocycles. The number of rotatable bonds is 2. The van der Waals surface area contributed by atoms with E-state index in [4.69, 9.17) is 4.74 Å².